The summed E-state index contributed by atoms with van der Waals surface area (Å²) in [6.45, 7) is 0.448. The number of hydrogen-bond donors (Lipinski definition) is 1. The van der Waals surface area contributed by atoms with Gasteiger partial charge in [0, 0.05) is 24.9 Å². The fourth-order valence-electron chi connectivity index (χ4n) is 3.93. The van der Waals surface area contributed by atoms with Gasteiger partial charge in [-0.15, -0.1) is 0 Å². The van der Waals surface area contributed by atoms with E-state index in [1.165, 1.54) is 12.1 Å². The lowest BCUT2D eigenvalue weighted by Gasteiger charge is -2.34. The Morgan fingerprint density at radius 2 is 1.75 bits per heavy atom. The first-order valence-electron chi connectivity index (χ1n) is 11.5. The quantitative estimate of drug-likeness (QED) is 0.425. The van der Waals surface area contributed by atoms with Crippen LogP contribution in [0, 0.1) is 5.82 Å². The van der Waals surface area contributed by atoms with Crippen LogP contribution in [0.25, 0.3) is 11.4 Å². The molecule has 2 amide bonds. The van der Waals surface area contributed by atoms with Gasteiger partial charge in [-0.3, -0.25) is 9.59 Å². The third kappa shape index (κ3) is 5.25. The van der Waals surface area contributed by atoms with E-state index in [1.807, 2.05) is 36.4 Å². The Morgan fingerprint density at radius 3 is 2.56 bits per heavy atom. The maximum absolute atomic E-state index is 13.2. The highest BCUT2D eigenvalue weighted by atomic mass is 19.1. The van der Waals surface area contributed by atoms with Gasteiger partial charge in [0.15, 0.2) is 6.10 Å². The summed E-state index contributed by atoms with van der Waals surface area (Å²) in [5.41, 5.74) is 2.19. The number of carbonyl (C=O) groups excluding carboxylic acids is 2. The van der Waals surface area contributed by atoms with Crippen LogP contribution in [0.4, 0.5) is 10.1 Å². The first kappa shape index (κ1) is 23.2. The summed E-state index contributed by atoms with van der Waals surface area (Å²) in [6.07, 6.45) is -0.532. The van der Waals surface area contributed by atoms with Crippen molar-refractivity contribution in [2.75, 3.05) is 11.4 Å². The van der Waals surface area contributed by atoms with Crippen molar-refractivity contribution in [2.24, 2.45) is 0 Å². The predicted molar refractivity (Wildman–Crippen MR) is 130 cm³/mol. The molecule has 36 heavy (non-hydrogen) atoms. The van der Waals surface area contributed by atoms with Crippen LogP contribution in [-0.2, 0) is 22.6 Å². The van der Waals surface area contributed by atoms with Gasteiger partial charge in [-0.2, -0.15) is 4.98 Å². The molecule has 1 aliphatic rings. The summed E-state index contributed by atoms with van der Waals surface area (Å²) in [6, 6.07) is 22.4. The lowest BCUT2D eigenvalue weighted by molar-refractivity contribution is -0.128. The zero-order valence-corrected chi connectivity index (χ0v) is 19.3. The fourth-order valence-corrected chi connectivity index (χ4v) is 3.93. The minimum atomic E-state index is -0.846. The third-order valence-corrected chi connectivity index (χ3v) is 5.80. The van der Waals surface area contributed by atoms with E-state index in [-0.39, 0.29) is 37.0 Å². The van der Waals surface area contributed by atoms with Gasteiger partial charge in [0.25, 0.3) is 5.91 Å². The number of nitrogens with one attached hydrogen (secondary N) is 1. The largest absolute Gasteiger partial charge is 0.477 e. The van der Waals surface area contributed by atoms with Crippen LogP contribution in [0.3, 0.4) is 0 Å². The van der Waals surface area contributed by atoms with Crippen LogP contribution in [0.1, 0.15) is 17.9 Å². The van der Waals surface area contributed by atoms with Gasteiger partial charge in [0.1, 0.15) is 11.6 Å². The van der Waals surface area contributed by atoms with Crippen LogP contribution >= 0.6 is 0 Å². The molecule has 8 nitrogen and oxygen atoms in total. The van der Waals surface area contributed by atoms with E-state index in [9.17, 15) is 14.0 Å². The standard InChI is InChI=1S/C27H23FN4O4/c28-20-12-10-19(11-13-20)26-30-24(36-31-26)14-15-25(33)32-17-23(35-22-9-5-4-8-21(22)32)27(34)29-16-18-6-2-1-3-7-18/h1-13,23H,14-17H2,(H,29,34)/t23-/m0/s1. The summed E-state index contributed by atoms with van der Waals surface area (Å²) < 4.78 is 24.3. The molecule has 182 valence electrons. The minimum Gasteiger partial charge on any atom is -0.477 e. The van der Waals surface area contributed by atoms with Crippen molar-refractivity contribution in [3.05, 3.63) is 96.1 Å². The smallest absolute Gasteiger partial charge is 0.263 e. The maximum atomic E-state index is 13.2. The Kier molecular flexibility index (Phi) is 6.70. The molecule has 0 saturated heterocycles. The summed E-state index contributed by atoms with van der Waals surface area (Å²) in [5.74, 6) is 0.227. The van der Waals surface area contributed by atoms with Crippen molar-refractivity contribution in [1.29, 1.82) is 0 Å². The Bertz CT molecular complexity index is 1360. The number of rotatable bonds is 7. The van der Waals surface area contributed by atoms with Crippen molar-refractivity contribution < 1.29 is 23.2 Å². The van der Waals surface area contributed by atoms with E-state index in [0.717, 1.165) is 5.56 Å². The van der Waals surface area contributed by atoms with Gasteiger partial charge < -0.3 is 19.5 Å². The van der Waals surface area contributed by atoms with E-state index >= 15 is 0 Å². The Morgan fingerprint density at radius 1 is 1.00 bits per heavy atom. The van der Waals surface area contributed by atoms with E-state index in [0.29, 0.717) is 35.3 Å². The third-order valence-electron chi connectivity index (χ3n) is 5.80. The number of para-hydroxylation sites is 2. The molecule has 0 spiro atoms. The second-order valence-corrected chi connectivity index (χ2v) is 8.30. The van der Waals surface area contributed by atoms with Crippen molar-refractivity contribution >= 4 is 17.5 Å². The molecule has 4 aromatic rings. The zero-order chi connectivity index (χ0) is 24.9. The molecule has 0 radical (unpaired) electrons. The average molecular weight is 487 g/mol. The summed E-state index contributed by atoms with van der Waals surface area (Å²) in [5, 5.41) is 6.80. The summed E-state index contributed by atoms with van der Waals surface area (Å²) in [4.78, 5) is 31.9. The zero-order valence-electron chi connectivity index (χ0n) is 19.3. The molecule has 9 heteroatoms. The minimum absolute atomic E-state index is 0.0845. The molecular formula is C27H23FN4O4. The number of benzene rings is 3. The van der Waals surface area contributed by atoms with Crippen LogP contribution in [-0.4, -0.2) is 34.6 Å². The Labute approximate surface area is 206 Å². The van der Waals surface area contributed by atoms with Crippen LogP contribution < -0.4 is 15.0 Å². The van der Waals surface area contributed by atoms with Crippen LogP contribution in [0.5, 0.6) is 5.75 Å². The molecule has 1 atom stereocenters. The molecule has 1 N–H and O–H groups in total. The highest BCUT2D eigenvalue weighted by molar-refractivity contribution is 5.97. The van der Waals surface area contributed by atoms with Gasteiger partial charge in [-0.25, -0.2) is 4.39 Å². The predicted octanol–water partition coefficient (Wildman–Crippen LogP) is 3.92. The second-order valence-electron chi connectivity index (χ2n) is 8.30. The SMILES string of the molecule is O=C(NCc1ccccc1)[C@@H]1CN(C(=O)CCc2nc(-c3ccc(F)cc3)no2)c2ccccc2O1. The molecule has 0 unspecified atom stereocenters. The molecular weight excluding hydrogens is 463 g/mol. The first-order valence-corrected chi connectivity index (χ1v) is 11.5. The number of fused-ring (bicyclic) bond motifs is 1. The van der Waals surface area contributed by atoms with E-state index in [2.05, 4.69) is 15.5 Å². The molecule has 0 aliphatic carbocycles. The number of carbonyl (C=O) groups is 2. The molecule has 1 aromatic heterocycles. The molecule has 3 aromatic carbocycles. The van der Waals surface area contributed by atoms with E-state index in [1.54, 1.807) is 35.2 Å². The fraction of sp³-hybridized carbons (Fsp3) is 0.185. The molecule has 0 bridgehead atoms. The topological polar surface area (TPSA) is 97.6 Å². The number of aromatic nitrogens is 2. The van der Waals surface area contributed by atoms with E-state index in [4.69, 9.17) is 9.26 Å². The van der Waals surface area contributed by atoms with Crippen molar-refractivity contribution in [1.82, 2.24) is 15.5 Å². The number of halogens is 1. The highest BCUT2D eigenvalue weighted by Gasteiger charge is 2.33. The van der Waals surface area contributed by atoms with Gasteiger partial charge in [0.05, 0.1) is 12.2 Å². The molecule has 5 rings (SSSR count). The van der Waals surface area contributed by atoms with Gasteiger partial charge in [-0.1, -0.05) is 47.6 Å². The van der Waals surface area contributed by atoms with Crippen LogP contribution in [0.15, 0.2) is 83.4 Å². The number of hydrogen-bond acceptors (Lipinski definition) is 6. The Balaban J connectivity index is 1.24. The van der Waals surface area contributed by atoms with Crippen molar-refractivity contribution in [3.8, 4) is 17.1 Å². The molecule has 0 saturated carbocycles. The first-order chi connectivity index (χ1) is 17.6. The monoisotopic (exact) mass is 486 g/mol. The second kappa shape index (κ2) is 10.4. The van der Waals surface area contributed by atoms with Crippen molar-refractivity contribution in [2.45, 2.75) is 25.5 Å². The lowest BCUT2D eigenvalue weighted by atomic mass is 10.1. The summed E-state index contributed by atoms with van der Waals surface area (Å²) in [7, 11) is 0. The van der Waals surface area contributed by atoms with E-state index < -0.39 is 6.10 Å². The number of anilines is 1. The lowest BCUT2D eigenvalue weighted by Crippen LogP contribution is -2.50. The number of ether oxygens (including phenoxy) is 1. The Hall–Kier alpha value is -4.53. The van der Waals surface area contributed by atoms with Gasteiger partial charge >= 0.3 is 0 Å². The highest BCUT2D eigenvalue weighted by Crippen LogP contribution is 2.33. The molecule has 0 fully saturated rings. The van der Waals surface area contributed by atoms with Gasteiger partial charge in [-0.05, 0) is 42.0 Å². The average Bonchev–Trinajstić information content (AvgIpc) is 3.40. The maximum Gasteiger partial charge on any atom is 0.263 e. The molecule has 1 aliphatic heterocycles. The summed E-state index contributed by atoms with van der Waals surface area (Å²) >= 11 is 0. The molecule has 2 heterocycles. The van der Waals surface area contributed by atoms with Crippen LogP contribution in [0.2, 0.25) is 0 Å². The normalized spacial score (nSPS) is 14.6. The van der Waals surface area contributed by atoms with Gasteiger partial charge in [0.2, 0.25) is 17.6 Å². The number of aryl methyl sites for hydroxylation is 1. The number of nitrogens with zero attached hydrogens (tertiary/aromatic N) is 3. The number of amides is 2. The van der Waals surface area contributed by atoms with Crippen molar-refractivity contribution in [3.63, 3.8) is 0 Å².